The maximum Gasteiger partial charge on any atom is 0.0945 e. The Kier molecular flexibility index (Phi) is 12.3. The Morgan fingerprint density at radius 3 is 2.37 bits per heavy atom. The monoisotopic (exact) mass is 377 g/mol. The fourth-order valence-electron chi connectivity index (χ4n) is 3.70. The van der Waals surface area contributed by atoms with Crippen molar-refractivity contribution in [3.05, 3.63) is 47.2 Å². The third-order valence-electron chi connectivity index (χ3n) is 5.50. The number of allylic oxidation sites excluding steroid dienone is 1. The van der Waals surface area contributed by atoms with Crippen LogP contribution in [-0.4, -0.2) is 38.3 Å². The summed E-state index contributed by atoms with van der Waals surface area (Å²) in [4.78, 5) is 2.46. The second-order valence-electron chi connectivity index (χ2n) is 7.06. The Bertz CT molecular complexity index is 541. The van der Waals surface area contributed by atoms with Gasteiger partial charge in [0.25, 0.3) is 0 Å². The SMILES string of the molecule is C.CC.CCC1OCC(C)C(CN(C)C(C)c2ccccc2)/C1=C(/C)OC. The van der Waals surface area contributed by atoms with Crippen LogP contribution in [0.3, 0.4) is 0 Å². The zero-order valence-electron chi connectivity index (χ0n) is 18.1. The molecule has 1 saturated heterocycles. The van der Waals surface area contributed by atoms with Crippen molar-refractivity contribution in [2.75, 3.05) is 27.3 Å². The molecular formula is C24H43NO2. The first-order valence-electron chi connectivity index (χ1n) is 10.1. The van der Waals surface area contributed by atoms with E-state index < -0.39 is 0 Å². The largest absolute Gasteiger partial charge is 0.501 e. The van der Waals surface area contributed by atoms with Gasteiger partial charge in [-0.15, -0.1) is 0 Å². The van der Waals surface area contributed by atoms with E-state index in [0.717, 1.165) is 25.3 Å². The molecule has 156 valence electrons. The molecule has 0 amide bonds. The molecule has 27 heavy (non-hydrogen) atoms. The second kappa shape index (κ2) is 13.0. The highest BCUT2D eigenvalue weighted by Gasteiger charge is 2.35. The van der Waals surface area contributed by atoms with Crippen LogP contribution >= 0.6 is 0 Å². The van der Waals surface area contributed by atoms with E-state index >= 15 is 0 Å². The summed E-state index contributed by atoms with van der Waals surface area (Å²) >= 11 is 0. The molecule has 0 aromatic heterocycles. The lowest BCUT2D eigenvalue weighted by Gasteiger charge is -2.40. The Morgan fingerprint density at radius 2 is 1.85 bits per heavy atom. The van der Waals surface area contributed by atoms with Gasteiger partial charge in [-0.05, 0) is 38.8 Å². The minimum atomic E-state index is 0. The topological polar surface area (TPSA) is 21.7 Å². The molecule has 1 heterocycles. The molecule has 1 fully saturated rings. The fraction of sp³-hybridized carbons (Fsp3) is 0.667. The molecule has 0 N–H and O–H groups in total. The molecule has 0 saturated carbocycles. The molecule has 1 aromatic carbocycles. The number of hydrogen-bond donors (Lipinski definition) is 0. The molecule has 1 aliphatic heterocycles. The van der Waals surface area contributed by atoms with E-state index in [1.54, 1.807) is 7.11 Å². The number of hydrogen-bond acceptors (Lipinski definition) is 3. The Hall–Kier alpha value is -1.32. The van der Waals surface area contributed by atoms with Gasteiger partial charge < -0.3 is 9.47 Å². The van der Waals surface area contributed by atoms with E-state index in [9.17, 15) is 0 Å². The van der Waals surface area contributed by atoms with E-state index in [4.69, 9.17) is 9.47 Å². The summed E-state index contributed by atoms with van der Waals surface area (Å²) in [6.07, 6.45) is 1.18. The first-order valence-corrected chi connectivity index (χ1v) is 10.1. The van der Waals surface area contributed by atoms with Gasteiger partial charge >= 0.3 is 0 Å². The summed E-state index contributed by atoms with van der Waals surface area (Å²) < 4.78 is 11.7. The van der Waals surface area contributed by atoms with Crippen LogP contribution in [-0.2, 0) is 9.47 Å². The highest BCUT2D eigenvalue weighted by molar-refractivity contribution is 5.21. The number of nitrogens with zero attached hydrogens (tertiary/aromatic N) is 1. The molecule has 4 unspecified atom stereocenters. The van der Waals surface area contributed by atoms with E-state index in [1.165, 1.54) is 11.1 Å². The van der Waals surface area contributed by atoms with Gasteiger partial charge in [0.1, 0.15) is 0 Å². The molecule has 1 aromatic rings. The van der Waals surface area contributed by atoms with E-state index in [0.29, 0.717) is 17.9 Å². The second-order valence-corrected chi connectivity index (χ2v) is 7.06. The van der Waals surface area contributed by atoms with Crippen LogP contribution in [0.5, 0.6) is 0 Å². The molecule has 0 bridgehead atoms. The summed E-state index contributed by atoms with van der Waals surface area (Å²) in [6, 6.07) is 11.1. The van der Waals surface area contributed by atoms with E-state index in [1.807, 2.05) is 13.8 Å². The number of methoxy groups -OCH3 is 1. The summed E-state index contributed by atoms with van der Waals surface area (Å²) in [5.41, 5.74) is 2.71. The van der Waals surface area contributed by atoms with Gasteiger partial charge in [0.15, 0.2) is 0 Å². The van der Waals surface area contributed by atoms with Crippen LogP contribution in [0, 0.1) is 11.8 Å². The van der Waals surface area contributed by atoms with Crippen molar-refractivity contribution in [3.63, 3.8) is 0 Å². The van der Waals surface area contributed by atoms with Crippen molar-refractivity contribution in [1.82, 2.24) is 4.90 Å². The molecular weight excluding hydrogens is 334 g/mol. The minimum Gasteiger partial charge on any atom is -0.501 e. The first kappa shape index (κ1) is 25.7. The van der Waals surface area contributed by atoms with Gasteiger partial charge in [-0.1, -0.05) is 65.5 Å². The number of rotatable bonds is 6. The van der Waals surface area contributed by atoms with Crippen LogP contribution in [0.1, 0.15) is 67.0 Å². The molecule has 2 rings (SSSR count). The molecule has 0 aliphatic carbocycles. The van der Waals surface area contributed by atoms with Gasteiger partial charge in [0, 0.05) is 24.1 Å². The molecule has 0 spiro atoms. The summed E-state index contributed by atoms with van der Waals surface area (Å²) in [5.74, 6) is 2.00. The lowest BCUT2D eigenvalue weighted by molar-refractivity contribution is -0.0123. The minimum absolute atomic E-state index is 0. The van der Waals surface area contributed by atoms with Crippen molar-refractivity contribution < 1.29 is 9.47 Å². The average molecular weight is 378 g/mol. The summed E-state index contributed by atoms with van der Waals surface area (Å²) in [7, 11) is 3.99. The zero-order chi connectivity index (χ0) is 19.7. The van der Waals surface area contributed by atoms with Gasteiger partial charge in [0.2, 0.25) is 0 Å². The smallest absolute Gasteiger partial charge is 0.0945 e. The van der Waals surface area contributed by atoms with Gasteiger partial charge in [-0.25, -0.2) is 0 Å². The van der Waals surface area contributed by atoms with E-state index in [2.05, 4.69) is 70.0 Å². The van der Waals surface area contributed by atoms with Crippen molar-refractivity contribution in [3.8, 4) is 0 Å². The average Bonchev–Trinajstić information content (AvgIpc) is 2.70. The lowest BCUT2D eigenvalue weighted by atomic mass is 9.80. The van der Waals surface area contributed by atoms with E-state index in [-0.39, 0.29) is 13.5 Å². The van der Waals surface area contributed by atoms with Gasteiger partial charge in [-0.3, -0.25) is 4.90 Å². The van der Waals surface area contributed by atoms with Crippen LogP contribution in [0.15, 0.2) is 41.7 Å². The Labute approximate surface area is 168 Å². The van der Waals surface area contributed by atoms with Crippen LogP contribution in [0.2, 0.25) is 0 Å². The molecule has 3 nitrogen and oxygen atoms in total. The fourth-order valence-corrected chi connectivity index (χ4v) is 3.70. The third kappa shape index (κ3) is 6.65. The standard InChI is InChI=1S/C21H33NO2.C2H6.CH4/c1-7-20-21(17(4)23-6)19(15(2)14-24-20)13-22(5)16(3)18-11-9-8-10-12-18;1-2;/h8-12,15-16,19-20H,7,13-14H2,1-6H3;1-2H3;1H4/b21-17+;;. The molecule has 4 atom stereocenters. The van der Waals surface area contributed by atoms with Crippen LogP contribution < -0.4 is 0 Å². The van der Waals surface area contributed by atoms with Crippen molar-refractivity contribution in [1.29, 1.82) is 0 Å². The van der Waals surface area contributed by atoms with Crippen LogP contribution in [0.4, 0.5) is 0 Å². The number of benzene rings is 1. The number of ether oxygens (including phenoxy) is 2. The maximum absolute atomic E-state index is 6.08. The Morgan fingerprint density at radius 1 is 1.26 bits per heavy atom. The van der Waals surface area contributed by atoms with Gasteiger partial charge in [-0.2, -0.15) is 0 Å². The lowest BCUT2D eigenvalue weighted by Crippen LogP contribution is -2.41. The first-order chi connectivity index (χ1) is 12.5. The predicted molar refractivity (Wildman–Crippen MR) is 118 cm³/mol. The third-order valence-corrected chi connectivity index (χ3v) is 5.50. The molecule has 3 heteroatoms. The summed E-state index contributed by atoms with van der Waals surface area (Å²) in [5, 5.41) is 0. The summed E-state index contributed by atoms with van der Waals surface area (Å²) in [6.45, 7) is 14.7. The normalized spacial score (nSPS) is 25.0. The maximum atomic E-state index is 6.08. The molecule has 0 radical (unpaired) electrons. The zero-order valence-corrected chi connectivity index (χ0v) is 18.1. The van der Waals surface area contributed by atoms with Crippen molar-refractivity contribution in [2.24, 2.45) is 11.8 Å². The quantitative estimate of drug-likeness (QED) is 0.541. The van der Waals surface area contributed by atoms with Crippen molar-refractivity contribution >= 4 is 0 Å². The predicted octanol–water partition coefficient (Wildman–Crippen LogP) is 6.32. The van der Waals surface area contributed by atoms with Crippen molar-refractivity contribution in [2.45, 2.75) is 67.5 Å². The highest BCUT2D eigenvalue weighted by atomic mass is 16.5. The Balaban J connectivity index is 0.00000218. The van der Waals surface area contributed by atoms with Crippen LogP contribution in [0.25, 0.3) is 0 Å². The molecule has 1 aliphatic rings. The highest BCUT2D eigenvalue weighted by Crippen LogP contribution is 2.36. The van der Waals surface area contributed by atoms with Gasteiger partial charge in [0.05, 0.1) is 25.6 Å².